The highest BCUT2D eigenvalue weighted by atomic mass is 32.2. The van der Waals surface area contributed by atoms with E-state index in [1.54, 1.807) is 6.08 Å². The molecule has 0 aromatic heterocycles. The molecule has 96 valence electrons. The number of amidine groups is 1. The number of carbonyl (C=O) groups is 1. The van der Waals surface area contributed by atoms with Crippen LogP contribution in [-0.2, 0) is 4.79 Å². The molecule has 1 aliphatic heterocycles. The second-order valence-electron chi connectivity index (χ2n) is 3.36. The molecule has 0 spiro atoms. The summed E-state index contributed by atoms with van der Waals surface area (Å²) < 4.78 is 0. The smallest absolute Gasteiger partial charge is 0.258 e. The lowest BCUT2D eigenvalue weighted by Crippen LogP contribution is -2.25. The largest absolute Gasteiger partial charge is 0.509 e. The Bertz CT molecular complexity index is 490. The number of thioether (sulfide) groups is 1. The van der Waals surface area contributed by atoms with Crippen LogP contribution in [0, 0.1) is 0 Å². The molecule has 4 N–H and O–H groups in total. The van der Waals surface area contributed by atoms with E-state index >= 15 is 0 Å². The van der Waals surface area contributed by atoms with Crippen molar-refractivity contribution in [3.63, 3.8) is 0 Å². The SMILES string of the molecule is C=C/C(N=C(N)C1=C(O)CNC1=O)=C(\C=C)SC. The van der Waals surface area contributed by atoms with E-state index in [0.717, 1.165) is 4.91 Å². The van der Waals surface area contributed by atoms with Gasteiger partial charge >= 0.3 is 0 Å². The summed E-state index contributed by atoms with van der Waals surface area (Å²) in [5.41, 5.74) is 6.25. The van der Waals surface area contributed by atoms with E-state index in [1.165, 1.54) is 17.8 Å². The lowest BCUT2D eigenvalue weighted by molar-refractivity contribution is -0.116. The van der Waals surface area contributed by atoms with Crippen molar-refractivity contribution < 1.29 is 9.90 Å². The zero-order valence-electron chi connectivity index (χ0n) is 10.1. The third kappa shape index (κ3) is 2.84. The zero-order chi connectivity index (χ0) is 13.7. The monoisotopic (exact) mass is 265 g/mol. The van der Waals surface area contributed by atoms with Gasteiger partial charge in [-0.2, -0.15) is 0 Å². The van der Waals surface area contributed by atoms with Crippen molar-refractivity contribution >= 4 is 23.5 Å². The van der Waals surface area contributed by atoms with E-state index in [2.05, 4.69) is 23.5 Å². The first-order valence-electron chi connectivity index (χ1n) is 5.13. The molecular weight excluding hydrogens is 250 g/mol. The Balaban J connectivity index is 3.20. The number of aliphatic hydroxyl groups is 1. The predicted molar refractivity (Wildman–Crippen MR) is 75.2 cm³/mol. The molecule has 1 aliphatic rings. The molecule has 6 heteroatoms. The molecule has 0 fully saturated rings. The van der Waals surface area contributed by atoms with E-state index < -0.39 is 5.91 Å². The van der Waals surface area contributed by atoms with Crippen LogP contribution < -0.4 is 11.1 Å². The molecule has 0 aromatic carbocycles. The van der Waals surface area contributed by atoms with Crippen molar-refractivity contribution in [2.45, 2.75) is 0 Å². The average molecular weight is 265 g/mol. The Kier molecular flexibility index (Phi) is 4.79. The second-order valence-corrected chi connectivity index (χ2v) is 4.21. The number of amides is 1. The van der Waals surface area contributed by atoms with Crippen LogP contribution in [0.4, 0.5) is 0 Å². The number of allylic oxidation sites excluding steroid dienone is 2. The van der Waals surface area contributed by atoms with Crippen molar-refractivity contribution in [3.05, 3.63) is 47.2 Å². The van der Waals surface area contributed by atoms with Crippen LogP contribution in [0.2, 0.25) is 0 Å². The summed E-state index contributed by atoms with van der Waals surface area (Å²) in [6, 6.07) is 0. The summed E-state index contributed by atoms with van der Waals surface area (Å²) in [5.74, 6) is -0.568. The van der Waals surface area contributed by atoms with Gasteiger partial charge in [0.25, 0.3) is 5.91 Å². The molecule has 5 nitrogen and oxygen atoms in total. The van der Waals surface area contributed by atoms with Crippen LogP contribution in [0.5, 0.6) is 0 Å². The fraction of sp³-hybridized carbons (Fsp3) is 0.167. The van der Waals surface area contributed by atoms with Crippen molar-refractivity contribution in [1.29, 1.82) is 0 Å². The molecule has 0 aliphatic carbocycles. The maximum atomic E-state index is 11.4. The number of carbonyl (C=O) groups excluding carboxylic acids is 1. The molecule has 0 unspecified atom stereocenters. The van der Waals surface area contributed by atoms with Gasteiger partial charge in [0.1, 0.15) is 17.2 Å². The van der Waals surface area contributed by atoms with Gasteiger partial charge < -0.3 is 16.2 Å². The highest BCUT2D eigenvalue weighted by Crippen LogP contribution is 2.20. The first kappa shape index (κ1) is 14.1. The van der Waals surface area contributed by atoms with Crippen molar-refractivity contribution in [1.82, 2.24) is 5.32 Å². The summed E-state index contributed by atoms with van der Waals surface area (Å²) in [6.45, 7) is 7.37. The Morgan fingerprint density at radius 1 is 1.56 bits per heavy atom. The van der Waals surface area contributed by atoms with E-state index in [1.807, 2.05) is 6.26 Å². The molecule has 1 rings (SSSR count). The topological polar surface area (TPSA) is 87.7 Å². The summed E-state index contributed by atoms with van der Waals surface area (Å²) >= 11 is 1.44. The highest BCUT2D eigenvalue weighted by Gasteiger charge is 2.25. The molecule has 0 saturated heterocycles. The maximum absolute atomic E-state index is 11.4. The molecule has 0 aromatic rings. The molecular formula is C12H15N3O2S. The van der Waals surface area contributed by atoms with E-state index in [4.69, 9.17) is 5.73 Å². The Morgan fingerprint density at radius 3 is 2.61 bits per heavy atom. The summed E-state index contributed by atoms with van der Waals surface area (Å²) in [4.78, 5) is 16.3. The minimum atomic E-state index is -0.429. The Labute approximate surface area is 110 Å². The van der Waals surface area contributed by atoms with Crippen LogP contribution in [-0.4, -0.2) is 29.6 Å². The van der Waals surface area contributed by atoms with Gasteiger partial charge in [-0.3, -0.25) is 4.79 Å². The van der Waals surface area contributed by atoms with Gasteiger partial charge in [0.15, 0.2) is 0 Å². The number of hydrogen-bond acceptors (Lipinski definition) is 4. The van der Waals surface area contributed by atoms with E-state index in [-0.39, 0.29) is 23.7 Å². The minimum Gasteiger partial charge on any atom is -0.509 e. The third-order valence-corrected chi connectivity index (χ3v) is 3.10. The predicted octanol–water partition coefficient (Wildman–Crippen LogP) is 1.23. The summed E-state index contributed by atoms with van der Waals surface area (Å²) in [5, 5.41) is 12.0. The third-order valence-electron chi connectivity index (χ3n) is 2.28. The molecule has 1 amide bonds. The van der Waals surface area contributed by atoms with Crippen LogP contribution in [0.3, 0.4) is 0 Å². The quantitative estimate of drug-likeness (QED) is 0.396. The molecule has 0 atom stereocenters. The fourth-order valence-corrected chi connectivity index (χ4v) is 1.92. The van der Waals surface area contributed by atoms with Gasteiger partial charge in [0.2, 0.25) is 0 Å². The van der Waals surface area contributed by atoms with Gasteiger partial charge in [-0.15, -0.1) is 11.8 Å². The minimum absolute atomic E-state index is 0.0128. The number of nitrogens with zero attached hydrogens (tertiary/aromatic N) is 1. The fourth-order valence-electron chi connectivity index (χ4n) is 1.42. The summed E-state index contributed by atoms with van der Waals surface area (Å²) in [6.07, 6.45) is 5.01. The zero-order valence-corrected chi connectivity index (χ0v) is 10.9. The lowest BCUT2D eigenvalue weighted by atomic mass is 10.2. The first-order chi connectivity index (χ1) is 8.54. The lowest BCUT2D eigenvalue weighted by Gasteiger charge is -2.04. The maximum Gasteiger partial charge on any atom is 0.258 e. The van der Waals surface area contributed by atoms with E-state index in [0.29, 0.717) is 5.70 Å². The van der Waals surface area contributed by atoms with Crippen LogP contribution in [0.1, 0.15) is 0 Å². The van der Waals surface area contributed by atoms with Gasteiger partial charge in [-0.05, 0) is 12.3 Å². The van der Waals surface area contributed by atoms with Crippen LogP contribution in [0.25, 0.3) is 0 Å². The van der Waals surface area contributed by atoms with E-state index in [9.17, 15) is 9.90 Å². The molecule has 0 radical (unpaired) electrons. The summed E-state index contributed by atoms with van der Waals surface area (Å²) in [7, 11) is 0. The molecule has 0 saturated carbocycles. The van der Waals surface area contributed by atoms with Gasteiger partial charge in [0, 0.05) is 4.91 Å². The van der Waals surface area contributed by atoms with Gasteiger partial charge in [-0.1, -0.05) is 19.2 Å². The average Bonchev–Trinajstić information content (AvgIpc) is 2.69. The standard InChI is InChI=1S/C12H15N3O2S/c1-4-7(9(5-2)18-3)15-11(13)10-8(16)6-14-12(10)17/h4-5,16H,1-2,6H2,3H3,(H2,13,15)(H,14,17)/b9-7-. The van der Waals surface area contributed by atoms with Gasteiger partial charge in [0.05, 0.1) is 12.2 Å². The Hall–Kier alpha value is -1.95. The van der Waals surface area contributed by atoms with Gasteiger partial charge in [-0.25, -0.2) is 4.99 Å². The van der Waals surface area contributed by atoms with Crippen molar-refractivity contribution in [2.24, 2.45) is 10.7 Å². The molecule has 18 heavy (non-hydrogen) atoms. The van der Waals surface area contributed by atoms with Crippen LogP contribution >= 0.6 is 11.8 Å². The number of nitrogens with one attached hydrogen (secondary N) is 1. The number of nitrogens with two attached hydrogens (primary N) is 1. The Morgan fingerprint density at radius 2 is 2.22 bits per heavy atom. The normalized spacial score (nSPS) is 17.4. The number of rotatable bonds is 5. The highest BCUT2D eigenvalue weighted by molar-refractivity contribution is 8.02. The number of hydrogen-bond donors (Lipinski definition) is 3. The van der Waals surface area contributed by atoms with Crippen LogP contribution in [0.15, 0.2) is 52.2 Å². The second kappa shape index (κ2) is 6.11. The number of aliphatic imine (C=N–C) groups is 1. The first-order valence-corrected chi connectivity index (χ1v) is 6.35. The molecule has 0 bridgehead atoms. The molecule has 1 heterocycles. The van der Waals surface area contributed by atoms with Crippen molar-refractivity contribution in [3.8, 4) is 0 Å². The number of aliphatic hydroxyl groups excluding tert-OH is 1. The van der Waals surface area contributed by atoms with Crippen molar-refractivity contribution in [2.75, 3.05) is 12.8 Å².